The zero-order valence-corrected chi connectivity index (χ0v) is 11.5. The highest BCUT2D eigenvalue weighted by molar-refractivity contribution is 14.1. The Morgan fingerprint density at radius 2 is 1.67 bits per heavy atom. The Morgan fingerprint density at radius 1 is 1.06 bits per heavy atom. The first kappa shape index (κ1) is 12.6. The summed E-state index contributed by atoms with van der Waals surface area (Å²) in [5.74, 6) is -0.180. The highest BCUT2D eigenvalue weighted by Gasteiger charge is 2.05. The van der Waals surface area contributed by atoms with Gasteiger partial charge in [-0.2, -0.15) is 5.26 Å². The molecule has 0 aliphatic heterocycles. The molecule has 2 aromatic rings. The third-order valence-electron chi connectivity index (χ3n) is 2.38. The molecule has 3 nitrogen and oxygen atoms in total. The molecule has 4 heteroatoms. The molecule has 0 bridgehead atoms. The van der Waals surface area contributed by atoms with E-state index in [2.05, 4.69) is 27.9 Å². The fraction of sp³-hybridized carbons (Fsp3) is 0. The minimum absolute atomic E-state index is 0.180. The number of hydrogen-bond donors (Lipinski definition) is 1. The topological polar surface area (TPSA) is 52.9 Å². The van der Waals surface area contributed by atoms with Crippen molar-refractivity contribution in [1.82, 2.24) is 0 Å². The molecule has 2 rings (SSSR count). The number of nitrogens with zero attached hydrogens (tertiary/aromatic N) is 1. The molecule has 0 aliphatic carbocycles. The van der Waals surface area contributed by atoms with Gasteiger partial charge < -0.3 is 5.32 Å². The molecule has 18 heavy (non-hydrogen) atoms. The van der Waals surface area contributed by atoms with E-state index < -0.39 is 0 Å². The second kappa shape index (κ2) is 5.65. The molecule has 1 amide bonds. The van der Waals surface area contributed by atoms with Gasteiger partial charge in [-0.05, 0) is 71.1 Å². The zero-order chi connectivity index (χ0) is 13.0. The zero-order valence-electron chi connectivity index (χ0n) is 9.35. The molecule has 0 atom stereocenters. The van der Waals surface area contributed by atoms with Crippen molar-refractivity contribution < 1.29 is 4.79 Å². The summed E-state index contributed by atoms with van der Waals surface area (Å²) in [6, 6.07) is 16.1. The van der Waals surface area contributed by atoms with E-state index >= 15 is 0 Å². The van der Waals surface area contributed by atoms with Gasteiger partial charge in [-0.15, -0.1) is 0 Å². The summed E-state index contributed by atoms with van der Waals surface area (Å²) in [5, 5.41) is 11.5. The normalized spacial score (nSPS) is 9.56. The Balaban J connectivity index is 2.12. The van der Waals surface area contributed by atoms with E-state index in [9.17, 15) is 4.79 Å². The molecule has 1 N–H and O–H groups in total. The van der Waals surface area contributed by atoms with Crippen LogP contribution in [-0.2, 0) is 0 Å². The fourth-order valence-electron chi connectivity index (χ4n) is 1.43. The first-order valence-corrected chi connectivity index (χ1v) is 6.34. The van der Waals surface area contributed by atoms with Gasteiger partial charge in [0.05, 0.1) is 11.6 Å². The summed E-state index contributed by atoms with van der Waals surface area (Å²) >= 11 is 2.21. The predicted molar refractivity (Wildman–Crippen MR) is 78.3 cm³/mol. The average molecular weight is 348 g/mol. The summed E-state index contributed by atoms with van der Waals surface area (Å²) in [5.41, 5.74) is 1.83. The van der Waals surface area contributed by atoms with E-state index in [1.165, 1.54) is 0 Å². The van der Waals surface area contributed by atoms with E-state index in [-0.39, 0.29) is 5.91 Å². The van der Waals surface area contributed by atoms with Gasteiger partial charge in [0.25, 0.3) is 5.91 Å². The Kier molecular flexibility index (Phi) is 3.95. The second-order valence-corrected chi connectivity index (χ2v) is 4.90. The highest BCUT2D eigenvalue weighted by atomic mass is 127. The minimum Gasteiger partial charge on any atom is -0.322 e. The average Bonchev–Trinajstić information content (AvgIpc) is 2.41. The van der Waals surface area contributed by atoms with Gasteiger partial charge in [0.15, 0.2) is 0 Å². The Bertz CT molecular complexity index is 597. The van der Waals surface area contributed by atoms with Crippen molar-refractivity contribution in [3.05, 3.63) is 63.2 Å². The lowest BCUT2D eigenvalue weighted by molar-refractivity contribution is 0.102. The molecule has 0 aliphatic rings. The monoisotopic (exact) mass is 348 g/mol. The van der Waals surface area contributed by atoms with Crippen LogP contribution in [0.15, 0.2) is 48.5 Å². The first-order chi connectivity index (χ1) is 8.69. The maximum Gasteiger partial charge on any atom is 0.255 e. The number of carbonyl (C=O) groups is 1. The van der Waals surface area contributed by atoms with E-state index in [4.69, 9.17) is 5.26 Å². The summed E-state index contributed by atoms with van der Waals surface area (Å²) in [7, 11) is 0. The Morgan fingerprint density at radius 3 is 2.22 bits per heavy atom. The molecule has 2 aromatic carbocycles. The lowest BCUT2D eigenvalue weighted by Gasteiger charge is -2.05. The maximum atomic E-state index is 11.9. The van der Waals surface area contributed by atoms with Crippen molar-refractivity contribution in [2.45, 2.75) is 0 Å². The van der Waals surface area contributed by atoms with Crippen LogP contribution < -0.4 is 5.32 Å². The van der Waals surface area contributed by atoms with Crippen LogP contribution in [0.3, 0.4) is 0 Å². The van der Waals surface area contributed by atoms with Gasteiger partial charge >= 0.3 is 0 Å². The molecule has 0 fully saturated rings. The minimum atomic E-state index is -0.180. The van der Waals surface area contributed by atoms with E-state index in [0.29, 0.717) is 11.1 Å². The number of hydrogen-bond acceptors (Lipinski definition) is 2. The largest absolute Gasteiger partial charge is 0.322 e. The molecule has 0 aromatic heterocycles. The third-order valence-corrected chi connectivity index (χ3v) is 3.10. The molecule has 0 unspecified atom stereocenters. The van der Waals surface area contributed by atoms with Crippen LogP contribution in [0.2, 0.25) is 0 Å². The van der Waals surface area contributed by atoms with Crippen molar-refractivity contribution in [3.63, 3.8) is 0 Å². The summed E-state index contributed by atoms with van der Waals surface area (Å²) < 4.78 is 1.11. The van der Waals surface area contributed by atoms with Crippen molar-refractivity contribution in [2.24, 2.45) is 0 Å². The number of anilines is 1. The number of nitrogens with one attached hydrogen (secondary N) is 1. The van der Waals surface area contributed by atoms with E-state index in [0.717, 1.165) is 9.26 Å². The highest BCUT2D eigenvalue weighted by Crippen LogP contribution is 2.13. The predicted octanol–water partition coefficient (Wildman–Crippen LogP) is 3.42. The Labute approximate surface area is 119 Å². The molecule has 0 heterocycles. The van der Waals surface area contributed by atoms with Gasteiger partial charge in [0.2, 0.25) is 0 Å². The van der Waals surface area contributed by atoms with Crippen LogP contribution in [0.25, 0.3) is 0 Å². The fourth-order valence-corrected chi connectivity index (χ4v) is 1.79. The van der Waals surface area contributed by atoms with Crippen LogP contribution >= 0.6 is 22.6 Å². The van der Waals surface area contributed by atoms with E-state index in [1.54, 1.807) is 24.3 Å². The van der Waals surface area contributed by atoms with Gasteiger partial charge in [-0.25, -0.2) is 0 Å². The molecule has 0 saturated heterocycles. The number of amides is 1. The standard InChI is InChI=1S/C14H9IN2O/c15-12-5-7-13(8-6-12)17-14(18)11-3-1-10(9-16)2-4-11/h1-8H,(H,17,18). The van der Waals surface area contributed by atoms with Gasteiger partial charge in [-0.3, -0.25) is 4.79 Å². The van der Waals surface area contributed by atoms with Crippen molar-refractivity contribution in [1.29, 1.82) is 5.26 Å². The molecule has 0 radical (unpaired) electrons. The van der Waals surface area contributed by atoms with Crippen LogP contribution in [0, 0.1) is 14.9 Å². The summed E-state index contributed by atoms with van der Waals surface area (Å²) in [6.07, 6.45) is 0. The number of carbonyl (C=O) groups excluding carboxylic acids is 1. The number of benzene rings is 2. The third kappa shape index (κ3) is 3.08. The lowest BCUT2D eigenvalue weighted by Crippen LogP contribution is -2.11. The molecule has 0 spiro atoms. The van der Waals surface area contributed by atoms with Crippen LogP contribution in [0.5, 0.6) is 0 Å². The van der Waals surface area contributed by atoms with Crippen molar-refractivity contribution in [2.75, 3.05) is 5.32 Å². The molecule has 88 valence electrons. The summed E-state index contributed by atoms with van der Waals surface area (Å²) in [4.78, 5) is 11.9. The van der Waals surface area contributed by atoms with Crippen LogP contribution in [0.1, 0.15) is 15.9 Å². The Hall–Kier alpha value is -1.87. The number of rotatable bonds is 2. The number of halogens is 1. The van der Waals surface area contributed by atoms with Crippen molar-refractivity contribution in [3.8, 4) is 6.07 Å². The first-order valence-electron chi connectivity index (χ1n) is 5.26. The molecule has 0 saturated carbocycles. The molecular weight excluding hydrogens is 339 g/mol. The SMILES string of the molecule is N#Cc1ccc(C(=O)Nc2ccc(I)cc2)cc1. The second-order valence-electron chi connectivity index (χ2n) is 3.65. The smallest absolute Gasteiger partial charge is 0.255 e. The quantitative estimate of drug-likeness (QED) is 0.846. The number of nitriles is 1. The van der Waals surface area contributed by atoms with Gasteiger partial charge in [0, 0.05) is 14.8 Å². The summed E-state index contributed by atoms with van der Waals surface area (Å²) in [6.45, 7) is 0. The van der Waals surface area contributed by atoms with Gasteiger partial charge in [0.1, 0.15) is 0 Å². The van der Waals surface area contributed by atoms with Crippen molar-refractivity contribution >= 4 is 34.2 Å². The lowest BCUT2D eigenvalue weighted by atomic mass is 10.1. The van der Waals surface area contributed by atoms with Crippen LogP contribution in [-0.4, -0.2) is 5.91 Å². The van der Waals surface area contributed by atoms with Gasteiger partial charge in [-0.1, -0.05) is 0 Å². The van der Waals surface area contributed by atoms with E-state index in [1.807, 2.05) is 30.3 Å². The maximum absolute atomic E-state index is 11.9. The van der Waals surface area contributed by atoms with Crippen LogP contribution in [0.4, 0.5) is 5.69 Å². The molecular formula is C14H9IN2O.